The van der Waals surface area contributed by atoms with Crippen LogP contribution >= 0.6 is 0 Å². The molecule has 1 N–H and O–H groups in total. The van der Waals surface area contributed by atoms with E-state index in [4.69, 9.17) is 20.6 Å². The fourth-order valence-corrected chi connectivity index (χ4v) is 3.95. The Labute approximate surface area is 181 Å². The Kier molecular flexibility index (Phi) is 7.30. The van der Waals surface area contributed by atoms with Crippen molar-refractivity contribution >= 4 is 6.09 Å². The molecule has 32 heavy (non-hydrogen) atoms. The minimum Gasteiger partial charge on any atom is -0.447 e. The summed E-state index contributed by atoms with van der Waals surface area (Å²) >= 11 is 0. The molecule has 3 rings (SSSR count). The van der Waals surface area contributed by atoms with E-state index in [2.05, 4.69) is 5.92 Å². The Hall–Kier alpha value is -2.78. The third-order valence-electron chi connectivity index (χ3n) is 5.68. The van der Waals surface area contributed by atoms with Gasteiger partial charge in [-0.1, -0.05) is 18.8 Å². The Morgan fingerprint density at radius 1 is 1.38 bits per heavy atom. The molecule has 0 unspecified atom stereocenters. The Morgan fingerprint density at radius 2 is 2.06 bits per heavy atom. The van der Waals surface area contributed by atoms with Crippen LogP contribution in [0.25, 0.3) is 0 Å². The highest BCUT2D eigenvalue weighted by Gasteiger charge is 2.41. The van der Waals surface area contributed by atoms with Crippen LogP contribution in [0.5, 0.6) is 0 Å². The largest absolute Gasteiger partial charge is 0.447 e. The van der Waals surface area contributed by atoms with Gasteiger partial charge in [0.1, 0.15) is 31.1 Å². The van der Waals surface area contributed by atoms with Gasteiger partial charge in [0.25, 0.3) is 5.56 Å². The summed E-state index contributed by atoms with van der Waals surface area (Å²) in [5.74, 6) is 2.28. The molecule has 1 aliphatic heterocycles. The number of terminal acetylenes is 1. The fraction of sp³-hybridized carbons (Fsp3) is 0.650. The highest BCUT2D eigenvalue weighted by molar-refractivity contribution is 5.67. The number of H-pyrrole nitrogens is 1. The first-order chi connectivity index (χ1) is 15.1. The minimum absolute atomic E-state index is 0.0361. The van der Waals surface area contributed by atoms with E-state index in [1.165, 1.54) is 4.90 Å². The van der Waals surface area contributed by atoms with Gasteiger partial charge in [-0.15, -0.1) is 6.42 Å². The van der Waals surface area contributed by atoms with Crippen LogP contribution in [0.3, 0.4) is 0 Å². The zero-order valence-electron chi connectivity index (χ0n) is 17.4. The van der Waals surface area contributed by atoms with Gasteiger partial charge in [0.15, 0.2) is 0 Å². The number of rotatable bonds is 6. The molecule has 176 valence electrons. The van der Waals surface area contributed by atoms with Crippen LogP contribution in [0.4, 0.5) is 18.0 Å². The van der Waals surface area contributed by atoms with Crippen molar-refractivity contribution < 1.29 is 32.2 Å². The molecular formula is C20H24F3N3O6. The molecule has 1 aliphatic carbocycles. The van der Waals surface area contributed by atoms with Crippen molar-refractivity contribution in [2.45, 2.75) is 62.8 Å². The molecule has 1 aromatic heterocycles. The molecule has 0 radical (unpaired) electrons. The number of carbonyl (C=O) groups is 1. The lowest BCUT2D eigenvalue weighted by molar-refractivity contribution is -0.139. The van der Waals surface area contributed by atoms with E-state index in [9.17, 15) is 27.6 Å². The predicted molar refractivity (Wildman–Crippen MR) is 105 cm³/mol. The molecular weight excluding hydrogens is 435 g/mol. The minimum atomic E-state index is -4.96. The van der Waals surface area contributed by atoms with E-state index >= 15 is 0 Å². The van der Waals surface area contributed by atoms with E-state index in [0.29, 0.717) is 10.8 Å². The number of ether oxygens (including phenoxy) is 3. The first kappa shape index (κ1) is 23.9. The zero-order chi connectivity index (χ0) is 23.5. The highest BCUT2D eigenvalue weighted by atomic mass is 19.4. The lowest BCUT2D eigenvalue weighted by Crippen LogP contribution is -2.38. The third-order valence-corrected chi connectivity index (χ3v) is 5.68. The van der Waals surface area contributed by atoms with E-state index in [-0.39, 0.29) is 25.7 Å². The van der Waals surface area contributed by atoms with Crippen LogP contribution in [0.15, 0.2) is 15.8 Å². The number of hydrogen-bond donors (Lipinski definition) is 1. The zero-order valence-corrected chi connectivity index (χ0v) is 17.4. The van der Waals surface area contributed by atoms with Crippen molar-refractivity contribution in [1.29, 1.82) is 0 Å². The number of hydrogen-bond acceptors (Lipinski definition) is 6. The van der Waals surface area contributed by atoms with Crippen molar-refractivity contribution in [3.05, 3.63) is 32.6 Å². The van der Waals surface area contributed by atoms with Crippen LogP contribution in [0.2, 0.25) is 0 Å². The number of aromatic amines is 1. The first-order valence-corrected chi connectivity index (χ1v) is 10.1. The maximum absolute atomic E-state index is 13.1. The van der Waals surface area contributed by atoms with Crippen molar-refractivity contribution in [3.8, 4) is 12.3 Å². The molecule has 1 saturated carbocycles. The number of carbonyl (C=O) groups excluding carboxylic acids is 1. The van der Waals surface area contributed by atoms with Gasteiger partial charge in [-0.25, -0.2) is 9.59 Å². The maximum Gasteiger partial charge on any atom is 0.423 e. The van der Waals surface area contributed by atoms with E-state index in [0.717, 1.165) is 25.7 Å². The number of halogens is 3. The molecule has 1 saturated heterocycles. The topological polar surface area (TPSA) is 103 Å². The summed E-state index contributed by atoms with van der Waals surface area (Å²) in [5.41, 5.74) is -4.14. The van der Waals surface area contributed by atoms with Crippen molar-refractivity contribution in [2.75, 3.05) is 20.3 Å². The molecule has 1 amide bonds. The summed E-state index contributed by atoms with van der Waals surface area (Å²) in [7, 11) is 1.64. The molecule has 2 heterocycles. The molecule has 1 aromatic rings. The van der Waals surface area contributed by atoms with E-state index < -0.39 is 47.5 Å². The van der Waals surface area contributed by atoms with Gasteiger partial charge in [-0.05, 0) is 12.8 Å². The molecule has 2 aliphatic rings. The first-order valence-electron chi connectivity index (χ1n) is 10.1. The Bertz CT molecular complexity index is 977. The van der Waals surface area contributed by atoms with Crippen LogP contribution < -0.4 is 11.2 Å². The van der Waals surface area contributed by atoms with Gasteiger partial charge in [0.2, 0.25) is 0 Å². The highest BCUT2D eigenvalue weighted by Crippen LogP contribution is 2.32. The van der Waals surface area contributed by atoms with Crippen molar-refractivity contribution in [1.82, 2.24) is 14.5 Å². The molecule has 3 atom stereocenters. The van der Waals surface area contributed by atoms with Crippen LogP contribution in [0, 0.1) is 12.3 Å². The van der Waals surface area contributed by atoms with E-state index in [1.54, 1.807) is 12.0 Å². The quantitative estimate of drug-likeness (QED) is 0.652. The second kappa shape index (κ2) is 9.79. The predicted octanol–water partition coefficient (Wildman–Crippen LogP) is 1.87. The summed E-state index contributed by atoms with van der Waals surface area (Å²) in [5, 5.41) is 0. The maximum atomic E-state index is 13.1. The molecule has 9 nitrogen and oxygen atoms in total. The number of aromatic nitrogens is 2. The van der Waals surface area contributed by atoms with Gasteiger partial charge in [-0.2, -0.15) is 13.2 Å². The molecule has 0 aromatic carbocycles. The summed E-state index contributed by atoms with van der Waals surface area (Å²) in [4.78, 5) is 39.2. The number of amides is 1. The summed E-state index contributed by atoms with van der Waals surface area (Å²) in [6.45, 7) is -0.354. The number of nitrogens with zero attached hydrogens (tertiary/aromatic N) is 2. The summed E-state index contributed by atoms with van der Waals surface area (Å²) < 4.78 is 56.4. The molecule has 0 spiro atoms. The van der Waals surface area contributed by atoms with E-state index in [1.807, 2.05) is 0 Å². The average Bonchev–Trinajstić information content (AvgIpc) is 3.39. The average molecular weight is 459 g/mol. The monoisotopic (exact) mass is 459 g/mol. The van der Waals surface area contributed by atoms with Crippen LogP contribution in [-0.2, 0) is 20.4 Å². The van der Waals surface area contributed by atoms with Gasteiger partial charge < -0.3 is 19.1 Å². The van der Waals surface area contributed by atoms with Gasteiger partial charge in [-0.3, -0.25) is 14.3 Å². The van der Waals surface area contributed by atoms with Gasteiger partial charge in [0.05, 0.1) is 6.10 Å². The van der Waals surface area contributed by atoms with Crippen molar-refractivity contribution in [3.63, 3.8) is 0 Å². The molecule has 0 bridgehead atoms. The van der Waals surface area contributed by atoms with Gasteiger partial charge >= 0.3 is 18.0 Å². The lowest BCUT2D eigenvalue weighted by atomic mass is 10.2. The number of nitrogens with one attached hydrogen (secondary N) is 1. The van der Waals surface area contributed by atoms with Crippen molar-refractivity contribution in [2.24, 2.45) is 0 Å². The van der Waals surface area contributed by atoms with Crippen LogP contribution in [-0.4, -0.2) is 59.1 Å². The Morgan fingerprint density at radius 3 is 2.69 bits per heavy atom. The van der Waals surface area contributed by atoms with Gasteiger partial charge in [0, 0.05) is 25.7 Å². The van der Waals surface area contributed by atoms with Crippen LogP contribution in [0.1, 0.15) is 43.9 Å². The second-order valence-electron chi connectivity index (χ2n) is 7.75. The molecule has 12 heteroatoms. The normalized spacial score (nSPS) is 23.8. The number of alkyl halides is 3. The molecule has 2 fully saturated rings. The standard InChI is InChI=1S/C20H24F3N3O6/c1-3-8-30-14-9-16(26-10-13(20(21,22)23)17(27)24-18(26)28)32-15(14)11-31-19(29)25(2)12-6-4-5-7-12/h1,10,12,14-16H,4-9,11H2,2H3,(H,24,27,28)/t14-,15+,16+/m0/s1. The fourth-order valence-electron chi connectivity index (χ4n) is 3.95. The smallest absolute Gasteiger partial charge is 0.423 e. The second-order valence-corrected chi connectivity index (χ2v) is 7.75. The third kappa shape index (κ3) is 5.34. The lowest BCUT2D eigenvalue weighted by Gasteiger charge is -2.25. The SMILES string of the molecule is C#CCO[C@H]1C[C@H](n2cc(C(F)(F)F)c(=O)[nH]c2=O)O[C@@H]1COC(=O)N(C)C1CCCC1. The summed E-state index contributed by atoms with van der Waals surface area (Å²) in [6.07, 6.45) is 1.12. The Balaban J connectivity index is 1.74. The summed E-state index contributed by atoms with van der Waals surface area (Å²) in [6, 6.07) is 0.0914.